The molecule has 0 atom stereocenters. The van der Waals surface area contributed by atoms with Gasteiger partial charge in [-0.3, -0.25) is 4.79 Å². The van der Waals surface area contributed by atoms with Crippen LogP contribution in [0.5, 0.6) is 5.75 Å². The molecule has 3 N–H and O–H groups in total. The third-order valence-electron chi connectivity index (χ3n) is 2.49. The lowest BCUT2D eigenvalue weighted by Crippen LogP contribution is -2.08. The summed E-state index contributed by atoms with van der Waals surface area (Å²) in [4.78, 5) is 23.4. The van der Waals surface area contributed by atoms with Crippen LogP contribution in [0.25, 0.3) is 6.08 Å². The van der Waals surface area contributed by atoms with Crippen LogP contribution in [0.2, 0.25) is 4.34 Å². The Morgan fingerprint density at radius 1 is 1.24 bits per heavy atom. The van der Waals surface area contributed by atoms with Gasteiger partial charge in [0.2, 0.25) is 5.91 Å². The molecule has 0 saturated heterocycles. The summed E-state index contributed by atoms with van der Waals surface area (Å²) in [5.41, 5.74) is 0.00544. The van der Waals surface area contributed by atoms with Crippen LogP contribution in [0.15, 0.2) is 36.4 Å². The van der Waals surface area contributed by atoms with E-state index in [1.165, 1.54) is 35.6 Å². The smallest absolute Gasteiger partial charge is 0.339 e. The van der Waals surface area contributed by atoms with E-state index >= 15 is 0 Å². The van der Waals surface area contributed by atoms with E-state index in [1.54, 1.807) is 18.2 Å². The summed E-state index contributed by atoms with van der Waals surface area (Å²) in [6.07, 6.45) is 2.92. The molecule has 5 nitrogen and oxygen atoms in total. The Labute approximate surface area is 129 Å². The van der Waals surface area contributed by atoms with E-state index in [2.05, 4.69) is 5.32 Å². The van der Waals surface area contributed by atoms with Gasteiger partial charge >= 0.3 is 5.97 Å². The number of hydrogen-bond donors (Lipinski definition) is 3. The molecule has 7 heteroatoms. The number of aromatic hydroxyl groups is 1. The van der Waals surface area contributed by atoms with Crippen LogP contribution in [-0.2, 0) is 4.79 Å². The number of carbonyl (C=O) groups is 2. The maximum atomic E-state index is 11.7. The molecular weight excluding hydrogens is 314 g/mol. The Bertz CT molecular complexity index is 724. The van der Waals surface area contributed by atoms with Crippen LogP contribution in [-0.4, -0.2) is 22.1 Å². The van der Waals surface area contributed by atoms with Crippen molar-refractivity contribution in [3.8, 4) is 5.75 Å². The van der Waals surface area contributed by atoms with Crippen molar-refractivity contribution < 1.29 is 19.8 Å². The second-order valence-electron chi connectivity index (χ2n) is 4.00. The standard InChI is InChI=1S/C14H10ClNO4S/c15-12-5-2-9(21-12)3-6-13(18)16-8-1-4-11(17)10(7-8)14(19)20/h1-7,17H,(H,16,18)(H,19,20)/b6-3+. The molecule has 0 aliphatic rings. The molecule has 0 fully saturated rings. The summed E-state index contributed by atoms with van der Waals surface area (Å²) in [7, 11) is 0. The van der Waals surface area contributed by atoms with E-state index in [4.69, 9.17) is 16.7 Å². The summed E-state index contributed by atoms with van der Waals surface area (Å²) >= 11 is 7.10. The zero-order valence-corrected chi connectivity index (χ0v) is 12.1. The van der Waals surface area contributed by atoms with Crippen LogP contribution in [0.3, 0.4) is 0 Å². The fraction of sp³-hybridized carbons (Fsp3) is 0. The second kappa shape index (κ2) is 6.43. The SMILES string of the molecule is O=C(/C=C/c1ccc(Cl)s1)Nc1ccc(O)c(C(=O)O)c1. The van der Waals surface area contributed by atoms with Crippen molar-refractivity contribution in [2.75, 3.05) is 5.32 Å². The van der Waals surface area contributed by atoms with Crippen LogP contribution in [0, 0.1) is 0 Å². The minimum atomic E-state index is -1.27. The van der Waals surface area contributed by atoms with Crippen LogP contribution in [0.1, 0.15) is 15.2 Å². The van der Waals surface area contributed by atoms with Gasteiger partial charge in [-0.05, 0) is 36.4 Å². The number of halogens is 1. The van der Waals surface area contributed by atoms with Gasteiger partial charge < -0.3 is 15.5 Å². The Balaban J connectivity index is 2.07. The highest BCUT2D eigenvalue weighted by atomic mass is 35.5. The molecule has 2 aromatic rings. The highest BCUT2D eigenvalue weighted by Crippen LogP contribution is 2.23. The molecule has 1 amide bonds. The molecule has 1 heterocycles. The fourth-order valence-corrected chi connectivity index (χ4v) is 2.51. The Kier molecular flexibility index (Phi) is 4.62. The van der Waals surface area contributed by atoms with Crippen molar-refractivity contribution in [1.82, 2.24) is 0 Å². The number of nitrogens with one attached hydrogen (secondary N) is 1. The first kappa shape index (κ1) is 15.1. The van der Waals surface area contributed by atoms with Crippen molar-refractivity contribution in [3.05, 3.63) is 51.2 Å². The number of thiophene rings is 1. The molecule has 0 radical (unpaired) electrons. The third kappa shape index (κ3) is 4.08. The average molecular weight is 324 g/mol. The van der Waals surface area contributed by atoms with Gasteiger partial charge in [0, 0.05) is 16.6 Å². The number of carboxylic acids is 1. The van der Waals surface area contributed by atoms with Gasteiger partial charge in [-0.15, -0.1) is 11.3 Å². The first-order valence-corrected chi connectivity index (χ1v) is 6.96. The largest absolute Gasteiger partial charge is 0.507 e. The van der Waals surface area contributed by atoms with Crippen molar-refractivity contribution in [3.63, 3.8) is 0 Å². The van der Waals surface area contributed by atoms with Crippen LogP contribution in [0.4, 0.5) is 5.69 Å². The van der Waals surface area contributed by atoms with Crippen LogP contribution < -0.4 is 5.32 Å². The number of carbonyl (C=O) groups excluding carboxylic acids is 1. The molecule has 0 aliphatic carbocycles. The van der Waals surface area contributed by atoms with E-state index in [-0.39, 0.29) is 17.0 Å². The molecule has 1 aromatic carbocycles. The summed E-state index contributed by atoms with van der Waals surface area (Å²) in [5, 5.41) is 20.8. The zero-order chi connectivity index (χ0) is 15.4. The predicted molar refractivity (Wildman–Crippen MR) is 82.1 cm³/mol. The van der Waals surface area contributed by atoms with Crippen molar-refractivity contribution in [2.45, 2.75) is 0 Å². The number of aromatic carboxylic acids is 1. The summed E-state index contributed by atoms with van der Waals surface area (Å²) in [6, 6.07) is 7.31. The minimum Gasteiger partial charge on any atom is -0.507 e. The van der Waals surface area contributed by atoms with E-state index in [0.29, 0.717) is 4.34 Å². The number of phenols is 1. The maximum absolute atomic E-state index is 11.7. The number of carboxylic acid groups (broad SMARTS) is 1. The Morgan fingerprint density at radius 2 is 2.00 bits per heavy atom. The normalized spacial score (nSPS) is 10.7. The van der Waals surface area contributed by atoms with E-state index in [0.717, 1.165) is 4.88 Å². The van der Waals surface area contributed by atoms with Gasteiger partial charge in [0.05, 0.1) is 4.34 Å². The number of anilines is 1. The summed E-state index contributed by atoms with van der Waals surface area (Å²) < 4.78 is 0.625. The lowest BCUT2D eigenvalue weighted by molar-refractivity contribution is -0.111. The molecular formula is C14H10ClNO4S. The number of amides is 1. The van der Waals surface area contributed by atoms with E-state index in [1.807, 2.05) is 0 Å². The first-order chi connectivity index (χ1) is 9.95. The minimum absolute atomic E-state index is 0.276. The quantitative estimate of drug-likeness (QED) is 0.594. The third-order valence-corrected chi connectivity index (χ3v) is 3.68. The lowest BCUT2D eigenvalue weighted by atomic mass is 10.2. The second-order valence-corrected chi connectivity index (χ2v) is 5.75. The molecule has 2 rings (SSSR count). The lowest BCUT2D eigenvalue weighted by Gasteiger charge is -2.05. The molecule has 0 aliphatic heterocycles. The van der Waals surface area contributed by atoms with Crippen molar-refractivity contribution >= 4 is 46.6 Å². The molecule has 0 spiro atoms. The Hall–Kier alpha value is -2.31. The van der Waals surface area contributed by atoms with Gasteiger partial charge in [-0.25, -0.2) is 4.79 Å². The number of benzene rings is 1. The maximum Gasteiger partial charge on any atom is 0.339 e. The summed E-state index contributed by atoms with van der Waals surface area (Å²) in [5.74, 6) is -2.04. The van der Waals surface area contributed by atoms with Crippen molar-refractivity contribution in [1.29, 1.82) is 0 Å². The summed E-state index contributed by atoms with van der Waals surface area (Å²) in [6.45, 7) is 0. The topological polar surface area (TPSA) is 86.6 Å². The number of rotatable bonds is 4. The van der Waals surface area contributed by atoms with Gasteiger partial charge in [-0.2, -0.15) is 0 Å². The van der Waals surface area contributed by atoms with E-state index < -0.39 is 11.9 Å². The fourth-order valence-electron chi connectivity index (χ4n) is 1.54. The Morgan fingerprint density at radius 3 is 2.62 bits per heavy atom. The van der Waals surface area contributed by atoms with Gasteiger partial charge in [-0.1, -0.05) is 11.6 Å². The monoisotopic (exact) mass is 323 g/mol. The first-order valence-electron chi connectivity index (χ1n) is 5.76. The van der Waals surface area contributed by atoms with Crippen molar-refractivity contribution in [2.24, 2.45) is 0 Å². The molecule has 0 saturated carbocycles. The highest BCUT2D eigenvalue weighted by molar-refractivity contribution is 7.17. The molecule has 21 heavy (non-hydrogen) atoms. The zero-order valence-electron chi connectivity index (χ0n) is 10.5. The van der Waals surface area contributed by atoms with Gasteiger partial charge in [0.25, 0.3) is 0 Å². The van der Waals surface area contributed by atoms with E-state index in [9.17, 15) is 14.7 Å². The average Bonchev–Trinajstić information content (AvgIpc) is 2.84. The molecule has 1 aromatic heterocycles. The number of hydrogen-bond acceptors (Lipinski definition) is 4. The molecule has 0 unspecified atom stereocenters. The molecule has 108 valence electrons. The van der Waals surface area contributed by atoms with Gasteiger partial charge in [0.1, 0.15) is 11.3 Å². The van der Waals surface area contributed by atoms with Crippen LogP contribution >= 0.6 is 22.9 Å². The predicted octanol–water partition coefficient (Wildman–Crippen LogP) is 3.46. The van der Waals surface area contributed by atoms with Gasteiger partial charge in [0.15, 0.2) is 0 Å². The highest BCUT2D eigenvalue weighted by Gasteiger charge is 2.10. The molecule has 0 bridgehead atoms.